The Hall–Kier alpha value is -3.55. The molecular formula is C39H63N5O8. The summed E-state index contributed by atoms with van der Waals surface area (Å²) in [5.74, 6) is -2.92. The Kier molecular flexibility index (Phi) is 15.2. The van der Waals surface area contributed by atoms with E-state index in [1.54, 1.807) is 37.6 Å². The Morgan fingerprint density at radius 2 is 1.67 bits per heavy atom. The quantitative estimate of drug-likeness (QED) is 0.193. The summed E-state index contributed by atoms with van der Waals surface area (Å²) in [6.45, 7) is 13.2. The first-order chi connectivity index (χ1) is 24.4. The van der Waals surface area contributed by atoms with Gasteiger partial charge in [0.2, 0.25) is 23.6 Å². The monoisotopic (exact) mass is 729 g/mol. The molecule has 0 saturated carbocycles. The normalized spacial score (nSPS) is 21.1. The minimum Gasteiger partial charge on any atom is -0.467 e. The van der Waals surface area contributed by atoms with Crippen LogP contribution in [0.3, 0.4) is 0 Å². The van der Waals surface area contributed by atoms with Gasteiger partial charge < -0.3 is 40.4 Å². The van der Waals surface area contributed by atoms with Crippen LogP contribution >= 0.6 is 0 Å². The van der Waals surface area contributed by atoms with Crippen LogP contribution in [0.25, 0.3) is 0 Å². The molecular weight excluding hydrogens is 666 g/mol. The highest BCUT2D eigenvalue weighted by Crippen LogP contribution is 2.38. The smallest absolute Gasteiger partial charge is 0.329 e. The van der Waals surface area contributed by atoms with E-state index in [2.05, 4.69) is 10.6 Å². The molecule has 4 amide bonds. The summed E-state index contributed by atoms with van der Waals surface area (Å²) in [6, 6.07) is 5.30. The van der Waals surface area contributed by atoms with Crippen LogP contribution in [0.4, 0.5) is 0 Å². The number of hydrogen-bond acceptors (Lipinski definition) is 9. The molecule has 1 aromatic rings. The van der Waals surface area contributed by atoms with Gasteiger partial charge in [-0.2, -0.15) is 0 Å². The summed E-state index contributed by atoms with van der Waals surface area (Å²) in [5.41, 5.74) is 7.01. The second-order valence-electron chi connectivity index (χ2n) is 15.5. The number of likely N-dealkylation sites (tertiary alicyclic amines) is 1. The standard InChI is InChI=1S/C39H63N5O8/c1-12-23(4)33(43(8)36(47)31(22(2)3)42-38(49)39(6,7)40)29(50-9)21-30(45)44-19-15-18-28(44)34(51-10)24(5)35(46)41-32(37(48)52-11)27-20-25-16-13-14-17-26(25)27/h13-14,16-17,22-24,27-29,31-34H,12,15,18-21,40H2,1-11H3,(H,41,46)(H,42,49)/t23-,24+,27+,28-,29+,31-,32-,33-,34+/m0/s1. The predicted octanol–water partition coefficient (Wildman–Crippen LogP) is 2.78. The molecule has 0 unspecified atom stereocenters. The number of nitrogens with one attached hydrogen (secondary N) is 2. The molecule has 9 atom stereocenters. The van der Waals surface area contributed by atoms with Gasteiger partial charge in [-0.3, -0.25) is 19.2 Å². The van der Waals surface area contributed by atoms with Gasteiger partial charge in [0.05, 0.1) is 49.3 Å². The lowest BCUT2D eigenvalue weighted by Gasteiger charge is -2.41. The molecule has 1 fully saturated rings. The van der Waals surface area contributed by atoms with E-state index in [0.29, 0.717) is 25.8 Å². The molecule has 2 aliphatic rings. The van der Waals surface area contributed by atoms with E-state index in [9.17, 15) is 24.0 Å². The molecule has 1 aromatic carbocycles. The van der Waals surface area contributed by atoms with E-state index in [4.69, 9.17) is 19.9 Å². The molecule has 1 aliphatic carbocycles. The highest BCUT2D eigenvalue weighted by molar-refractivity contribution is 5.92. The van der Waals surface area contributed by atoms with Gasteiger partial charge in [0.25, 0.3) is 0 Å². The number of esters is 1. The maximum absolute atomic E-state index is 14.2. The maximum atomic E-state index is 14.2. The molecule has 0 bridgehead atoms. The van der Waals surface area contributed by atoms with Crippen LogP contribution in [0.15, 0.2) is 24.3 Å². The number of methoxy groups -OCH3 is 3. The summed E-state index contributed by atoms with van der Waals surface area (Å²) in [7, 11) is 6.07. The lowest BCUT2D eigenvalue weighted by atomic mass is 9.73. The number of ether oxygens (including phenoxy) is 3. The second-order valence-corrected chi connectivity index (χ2v) is 15.5. The van der Waals surface area contributed by atoms with Crippen molar-refractivity contribution in [3.05, 3.63) is 35.4 Å². The van der Waals surface area contributed by atoms with E-state index < -0.39 is 59.7 Å². The van der Waals surface area contributed by atoms with Gasteiger partial charge in [0.1, 0.15) is 12.1 Å². The zero-order chi connectivity index (χ0) is 39.1. The fraction of sp³-hybridized carbons (Fsp3) is 0.718. The summed E-state index contributed by atoms with van der Waals surface area (Å²) in [4.78, 5) is 70.9. The van der Waals surface area contributed by atoms with Crippen molar-refractivity contribution >= 4 is 29.6 Å². The number of rotatable bonds is 18. The van der Waals surface area contributed by atoms with E-state index in [1.165, 1.54) is 21.3 Å². The van der Waals surface area contributed by atoms with Crippen LogP contribution in [0.2, 0.25) is 0 Å². The predicted molar refractivity (Wildman–Crippen MR) is 198 cm³/mol. The number of amides is 4. The van der Waals surface area contributed by atoms with Crippen molar-refractivity contribution in [3.8, 4) is 0 Å². The third-order valence-electron chi connectivity index (χ3n) is 11.1. The minimum atomic E-state index is -1.17. The van der Waals surface area contributed by atoms with Crippen LogP contribution in [-0.4, -0.2) is 116 Å². The summed E-state index contributed by atoms with van der Waals surface area (Å²) >= 11 is 0. The minimum absolute atomic E-state index is 0.00330. The Balaban J connectivity index is 1.78. The van der Waals surface area contributed by atoms with Crippen molar-refractivity contribution < 1.29 is 38.2 Å². The van der Waals surface area contributed by atoms with E-state index in [-0.39, 0.29) is 41.9 Å². The summed E-state index contributed by atoms with van der Waals surface area (Å²) < 4.78 is 17.0. The van der Waals surface area contributed by atoms with Gasteiger partial charge in [-0.1, -0.05) is 65.3 Å². The molecule has 13 heteroatoms. The average Bonchev–Trinajstić information content (AvgIpc) is 3.58. The number of nitrogens with two attached hydrogens (primary N) is 1. The molecule has 0 radical (unpaired) electrons. The first-order valence-corrected chi connectivity index (χ1v) is 18.6. The Bertz CT molecular complexity index is 1410. The number of fused-ring (bicyclic) bond motifs is 1. The fourth-order valence-electron chi connectivity index (χ4n) is 7.70. The first-order valence-electron chi connectivity index (χ1n) is 18.6. The van der Waals surface area contributed by atoms with Gasteiger partial charge in [-0.15, -0.1) is 0 Å². The number of hydrogen-bond donors (Lipinski definition) is 3. The Morgan fingerprint density at radius 1 is 1.02 bits per heavy atom. The van der Waals surface area contributed by atoms with Crippen LogP contribution in [0.1, 0.15) is 91.2 Å². The topological polar surface area (TPSA) is 170 Å². The van der Waals surface area contributed by atoms with Crippen molar-refractivity contribution in [1.29, 1.82) is 0 Å². The fourth-order valence-corrected chi connectivity index (χ4v) is 7.70. The van der Waals surface area contributed by atoms with Crippen molar-refractivity contribution in [2.45, 2.75) is 128 Å². The highest BCUT2D eigenvalue weighted by Gasteiger charge is 2.45. The molecule has 1 saturated heterocycles. The maximum Gasteiger partial charge on any atom is 0.329 e. The van der Waals surface area contributed by atoms with Crippen LogP contribution in [0.5, 0.6) is 0 Å². The number of carbonyl (C=O) groups is 5. The molecule has 4 N–H and O–H groups in total. The molecule has 0 spiro atoms. The number of benzene rings is 1. The Morgan fingerprint density at radius 3 is 2.21 bits per heavy atom. The average molecular weight is 730 g/mol. The zero-order valence-electron chi connectivity index (χ0n) is 33.1. The van der Waals surface area contributed by atoms with Crippen molar-refractivity contribution in [2.24, 2.45) is 23.5 Å². The third kappa shape index (κ3) is 9.70. The summed E-state index contributed by atoms with van der Waals surface area (Å²) in [6.07, 6.45) is 1.44. The molecule has 52 heavy (non-hydrogen) atoms. The second kappa shape index (κ2) is 18.5. The number of nitrogens with zero attached hydrogens (tertiary/aromatic N) is 2. The van der Waals surface area contributed by atoms with Gasteiger partial charge in [-0.05, 0) is 56.1 Å². The number of likely N-dealkylation sites (N-methyl/N-ethyl adjacent to an activating group) is 1. The molecule has 1 aliphatic heterocycles. The highest BCUT2D eigenvalue weighted by atomic mass is 16.5. The van der Waals surface area contributed by atoms with Gasteiger partial charge in [0, 0.05) is 33.7 Å². The number of carbonyl (C=O) groups excluding carboxylic acids is 5. The first kappa shape index (κ1) is 42.9. The van der Waals surface area contributed by atoms with Crippen LogP contribution in [0, 0.1) is 17.8 Å². The molecule has 0 aromatic heterocycles. The Labute approximate surface area is 310 Å². The lowest BCUT2D eigenvalue weighted by molar-refractivity contribution is -0.149. The van der Waals surface area contributed by atoms with Crippen molar-refractivity contribution in [1.82, 2.24) is 20.4 Å². The van der Waals surface area contributed by atoms with Gasteiger partial charge in [0.15, 0.2) is 0 Å². The van der Waals surface area contributed by atoms with E-state index in [0.717, 1.165) is 17.5 Å². The van der Waals surface area contributed by atoms with Crippen molar-refractivity contribution in [3.63, 3.8) is 0 Å². The largest absolute Gasteiger partial charge is 0.467 e. The summed E-state index contributed by atoms with van der Waals surface area (Å²) in [5, 5.41) is 5.77. The lowest BCUT2D eigenvalue weighted by Crippen LogP contribution is -2.60. The zero-order valence-corrected chi connectivity index (χ0v) is 33.1. The van der Waals surface area contributed by atoms with Gasteiger partial charge in [-0.25, -0.2) is 4.79 Å². The van der Waals surface area contributed by atoms with Crippen molar-refractivity contribution in [2.75, 3.05) is 34.9 Å². The van der Waals surface area contributed by atoms with Crippen LogP contribution in [-0.2, 0) is 44.6 Å². The van der Waals surface area contributed by atoms with E-state index >= 15 is 0 Å². The van der Waals surface area contributed by atoms with Gasteiger partial charge >= 0.3 is 5.97 Å². The molecule has 13 nitrogen and oxygen atoms in total. The van der Waals surface area contributed by atoms with E-state index in [1.807, 2.05) is 52.0 Å². The van der Waals surface area contributed by atoms with Crippen LogP contribution < -0.4 is 16.4 Å². The SMILES string of the molecule is CC[C@H](C)[C@@H]([C@@H](CC(=O)N1CCC[C@H]1[C@H](OC)[C@@H](C)C(=O)N[C@H](C(=O)OC)[C@@H]1Cc2ccccc21)OC)N(C)C(=O)[C@@H](NC(=O)C(C)(C)N)C(C)C. The third-order valence-corrected chi connectivity index (χ3v) is 11.1. The molecule has 3 rings (SSSR count). The molecule has 1 heterocycles. The molecule has 292 valence electrons.